The lowest BCUT2D eigenvalue weighted by Crippen LogP contribution is -2.39. The van der Waals surface area contributed by atoms with E-state index in [2.05, 4.69) is 43.2 Å². The maximum Gasteiger partial charge on any atom is 0.234 e. The van der Waals surface area contributed by atoms with E-state index in [1.165, 1.54) is 5.56 Å². The summed E-state index contributed by atoms with van der Waals surface area (Å²) in [5, 5.41) is 6.19. The molecule has 1 aromatic carbocycles. The van der Waals surface area contributed by atoms with E-state index in [9.17, 15) is 4.79 Å². The van der Waals surface area contributed by atoms with Crippen molar-refractivity contribution in [2.75, 3.05) is 13.1 Å². The van der Waals surface area contributed by atoms with E-state index in [1.807, 2.05) is 18.2 Å². The quantitative estimate of drug-likeness (QED) is 0.537. The molecule has 1 amide bonds. The predicted octanol–water partition coefficient (Wildman–Crippen LogP) is 3.06. The monoisotopic (exact) mass is 274 g/mol. The van der Waals surface area contributed by atoms with Crippen molar-refractivity contribution in [2.24, 2.45) is 5.92 Å². The highest BCUT2D eigenvalue weighted by molar-refractivity contribution is 5.78. The SMILES string of the molecule is C=CCNCC(=O)NC(c1ccccc1)C(CC)CC. The minimum absolute atomic E-state index is 0.0348. The van der Waals surface area contributed by atoms with E-state index in [0.717, 1.165) is 12.8 Å². The van der Waals surface area contributed by atoms with Crippen molar-refractivity contribution in [2.45, 2.75) is 32.7 Å². The standard InChI is InChI=1S/C17H26N2O/c1-4-12-18-13-16(20)19-17(14(5-2)6-3)15-10-8-7-9-11-15/h4,7-11,14,17-18H,1,5-6,12-13H2,2-3H3,(H,19,20). The number of rotatable bonds is 9. The van der Waals surface area contributed by atoms with Gasteiger partial charge in [0, 0.05) is 6.54 Å². The van der Waals surface area contributed by atoms with Crippen molar-refractivity contribution in [3.8, 4) is 0 Å². The van der Waals surface area contributed by atoms with Crippen molar-refractivity contribution in [1.82, 2.24) is 10.6 Å². The number of amides is 1. The van der Waals surface area contributed by atoms with E-state index in [-0.39, 0.29) is 11.9 Å². The average Bonchev–Trinajstić information content (AvgIpc) is 2.48. The van der Waals surface area contributed by atoms with Gasteiger partial charge in [0.1, 0.15) is 0 Å². The number of benzene rings is 1. The summed E-state index contributed by atoms with van der Waals surface area (Å²) in [5.41, 5.74) is 1.18. The van der Waals surface area contributed by atoms with Crippen LogP contribution < -0.4 is 10.6 Å². The summed E-state index contributed by atoms with van der Waals surface area (Å²) in [5.74, 6) is 0.494. The van der Waals surface area contributed by atoms with Gasteiger partial charge in [-0.2, -0.15) is 0 Å². The molecule has 0 aliphatic carbocycles. The van der Waals surface area contributed by atoms with Crippen LogP contribution in [0, 0.1) is 5.92 Å². The third kappa shape index (κ3) is 5.17. The summed E-state index contributed by atoms with van der Waals surface area (Å²) in [4.78, 5) is 12.0. The second-order valence-corrected chi connectivity index (χ2v) is 4.95. The molecule has 3 nitrogen and oxygen atoms in total. The van der Waals surface area contributed by atoms with Gasteiger partial charge >= 0.3 is 0 Å². The second kappa shape index (κ2) is 9.32. The van der Waals surface area contributed by atoms with Gasteiger partial charge in [-0.15, -0.1) is 6.58 Å². The maximum atomic E-state index is 12.0. The topological polar surface area (TPSA) is 41.1 Å². The van der Waals surface area contributed by atoms with Gasteiger partial charge < -0.3 is 10.6 Å². The highest BCUT2D eigenvalue weighted by atomic mass is 16.1. The van der Waals surface area contributed by atoms with Gasteiger partial charge in [-0.3, -0.25) is 4.79 Å². The number of carbonyl (C=O) groups excluding carboxylic acids is 1. The van der Waals surface area contributed by atoms with Gasteiger partial charge in [-0.05, 0) is 11.5 Å². The summed E-state index contributed by atoms with van der Waals surface area (Å²) in [6.45, 7) is 8.95. The van der Waals surface area contributed by atoms with Crippen LogP contribution >= 0.6 is 0 Å². The molecule has 1 unspecified atom stereocenters. The van der Waals surface area contributed by atoms with Crippen LogP contribution in [0.2, 0.25) is 0 Å². The fraction of sp³-hybridized carbons (Fsp3) is 0.471. The summed E-state index contributed by atoms with van der Waals surface area (Å²) in [6.07, 6.45) is 3.86. The molecule has 0 aliphatic rings. The lowest BCUT2D eigenvalue weighted by atomic mass is 9.89. The molecule has 0 saturated carbocycles. The largest absolute Gasteiger partial charge is 0.348 e. The Balaban J connectivity index is 2.73. The Labute approximate surface area is 122 Å². The summed E-state index contributed by atoms with van der Waals surface area (Å²) in [7, 11) is 0. The van der Waals surface area contributed by atoms with Crippen LogP contribution in [0.15, 0.2) is 43.0 Å². The van der Waals surface area contributed by atoms with Crippen molar-refractivity contribution in [1.29, 1.82) is 0 Å². The van der Waals surface area contributed by atoms with Crippen molar-refractivity contribution in [3.05, 3.63) is 48.6 Å². The molecule has 110 valence electrons. The first kappa shape index (κ1) is 16.4. The molecule has 0 saturated heterocycles. The molecule has 2 N–H and O–H groups in total. The van der Waals surface area contributed by atoms with Crippen LogP contribution in [-0.4, -0.2) is 19.0 Å². The molecule has 1 aromatic rings. The van der Waals surface area contributed by atoms with Crippen molar-refractivity contribution in [3.63, 3.8) is 0 Å². The second-order valence-electron chi connectivity index (χ2n) is 4.95. The Morgan fingerprint density at radius 3 is 2.45 bits per heavy atom. The van der Waals surface area contributed by atoms with E-state index < -0.39 is 0 Å². The zero-order chi connectivity index (χ0) is 14.8. The minimum Gasteiger partial charge on any atom is -0.348 e. The molecule has 0 bridgehead atoms. The number of carbonyl (C=O) groups is 1. The fourth-order valence-electron chi connectivity index (χ4n) is 2.41. The Morgan fingerprint density at radius 1 is 1.25 bits per heavy atom. The van der Waals surface area contributed by atoms with Crippen molar-refractivity contribution < 1.29 is 4.79 Å². The Bertz CT molecular complexity index is 399. The zero-order valence-electron chi connectivity index (χ0n) is 12.6. The molecule has 0 fully saturated rings. The van der Waals surface area contributed by atoms with Gasteiger partial charge in [0.15, 0.2) is 0 Å². The molecule has 0 aromatic heterocycles. The van der Waals surface area contributed by atoms with Crippen LogP contribution in [0.4, 0.5) is 0 Å². The van der Waals surface area contributed by atoms with Gasteiger partial charge in [0.25, 0.3) is 0 Å². The smallest absolute Gasteiger partial charge is 0.234 e. The number of nitrogens with one attached hydrogen (secondary N) is 2. The average molecular weight is 274 g/mol. The Kier molecular flexibility index (Phi) is 7.66. The summed E-state index contributed by atoms with van der Waals surface area (Å²) < 4.78 is 0. The van der Waals surface area contributed by atoms with E-state index in [4.69, 9.17) is 0 Å². The predicted molar refractivity (Wildman–Crippen MR) is 84.5 cm³/mol. The first-order valence-corrected chi connectivity index (χ1v) is 7.38. The van der Waals surface area contributed by atoms with Gasteiger partial charge in [-0.1, -0.05) is 63.1 Å². The first-order valence-electron chi connectivity index (χ1n) is 7.38. The van der Waals surface area contributed by atoms with E-state index in [1.54, 1.807) is 6.08 Å². The molecule has 0 radical (unpaired) electrons. The molecule has 3 heteroatoms. The third-order valence-corrected chi connectivity index (χ3v) is 3.57. The Hall–Kier alpha value is -1.61. The van der Waals surface area contributed by atoms with E-state index >= 15 is 0 Å². The zero-order valence-corrected chi connectivity index (χ0v) is 12.6. The fourth-order valence-corrected chi connectivity index (χ4v) is 2.41. The lowest BCUT2D eigenvalue weighted by Gasteiger charge is -2.27. The number of hydrogen-bond acceptors (Lipinski definition) is 2. The summed E-state index contributed by atoms with van der Waals surface area (Å²) >= 11 is 0. The van der Waals surface area contributed by atoms with Gasteiger partial charge in [0.2, 0.25) is 5.91 Å². The van der Waals surface area contributed by atoms with Crippen LogP contribution in [0.3, 0.4) is 0 Å². The summed E-state index contributed by atoms with van der Waals surface area (Å²) in [6, 6.07) is 10.3. The highest BCUT2D eigenvalue weighted by Gasteiger charge is 2.21. The van der Waals surface area contributed by atoms with Gasteiger partial charge in [-0.25, -0.2) is 0 Å². The lowest BCUT2D eigenvalue weighted by molar-refractivity contribution is -0.121. The van der Waals surface area contributed by atoms with Crippen LogP contribution in [-0.2, 0) is 4.79 Å². The third-order valence-electron chi connectivity index (χ3n) is 3.57. The molecular formula is C17H26N2O. The normalized spacial score (nSPS) is 12.2. The van der Waals surface area contributed by atoms with Crippen molar-refractivity contribution >= 4 is 5.91 Å². The number of hydrogen-bond donors (Lipinski definition) is 2. The van der Waals surface area contributed by atoms with Crippen LogP contribution in [0.1, 0.15) is 38.3 Å². The van der Waals surface area contributed by atoms with E-state index in [0.29, 0.717) is 19.0 Å². The molecule has 0 spiro atoms. The molecular weight excluding hydrogens is 248 g/mol. The highest BCUT2D eigenvalue weighted by Crippen LogP contribution is 2.27. The molecule has 0 heterocycles. The van der Waals surface area contributed by atoms with Crippen LogP contribution in [0.5, 0.6) is 0 Å². The first-order chi connectivity index (χ1) is 9.72. The Morgan fingerprint density at radius 2 is 1.90 bits per heavy atom. The molecule has 1 atom stereocenters. The van der Waals surface area contributed by atoms with Crippen LogP contribution in [0.25, 0.3) is 0 Å². The molecule has 0 aliphatic heterocycles. The molecule has 1 rings (SSSR count). The maximum absolute atomic E-state index is 12.0. The van der Waals surface area contributed by atoms with Gasteiger partial charge in [0.05, 0.1) is 12.6 Å². The minimum atomic E-state index is 0.0348. The molecule has 20 heavy (non-hydrogen) atoms.